The van der Waals surface area contributed by atoms with Crippen molar-refractivity contribution in [3.8, 4) is 0 Å². The second-order valence-corrected chi connectivity index (χ2v) is 6.92. The molecule has 0 saturated carbocycles. The van der Waals surface area contributed by atoms with Crippen LogP contribution in [0.15, 0.2) is 54.7 Å². The third-order valence-corrected chi connectivity index (χ3v) is 5.15. The SMILES string of the molecule is CC(Cc1c[nH]c2ccccc12)C(=O)NC1c2ccccc2CC1O. The summed E-state index contributed by atoms with van der Waals surface area (Å²) in [5, 5.41) is 14.5. The molecule has 1 heterocycles. The van der Waals surface area contributed by atoms with Crippen molar-refractivity contribution in [2.45, 2.75) is 31.9 Å². The van der Waals surface area contributed by atoms with E-state index in [9.17, 15) is 9.90 Å². The molecule has 4 nitrogen and oxygen atoms in total. The number of para-hydroxylation sites is 1. The molecule has 4 rings (SSSR count). The van der Waals surface area contributed by atoms with Crippen LogP contribution in [0.2, 0.25) is 0 Å². The molecular weight excluding hydrogens is 312 g/mol. The van der Waals surface area contributed by atoms with Crippen LogP contribution in [0.25, 0.3) is 10.9 Å². The molecule has 128 valence electrons. The van der Waals surface area contributed by atoms with Crippen molar-refractivity contribution in [2.75, 3.05) is 0 Å². The molecule has 0 bridgehead atoms. The van der Waals surface area contributed by atoms with Gasteiger partial charge in [-0.15, -0.1) is 0 Å². The lowest BCUT2D eigenvalue weighted by Crippen LogP contribution is -2.37. The highest BCUT2D eigenvalue weighted by molar-refractivity contribution is 5.85. The van der Waals surface area contributed by atoms with E-state index in [0.29, 0.717) is 12.8 Å². The third-order valence-electron chi connectivity index (χ3n) is 5.15. The summed E-state index contributed by atoms with van der Waals surface area (Å²) in [5.41, 5.74) is 4.38. The summed E-state index contributed by atoms with van der Waals surface area (Å²) in [5.74, 6) is -0.190. The molecule has 0 aliphatic heterocycles. The fraction of sp³-hybridized carbons (Fsp3) is 0.286. The van der Waals surface area contributed by atoms with E-state index in [1.165, 1.54) is 0 Å². The Bertz CT molecular complexity index is 915. The van der Waals surface area contributed by atoms with Crippen LogP contribution in [-0.4, -0.2) is 22.1 Å². The number of carbonyl (C=O) groups excluding carboxylic acids is 1. The molecule has 1 aliphatic carbocycles. The Morgan fingerprint density at radius 1 is 1.24 bits per heavy atom. The number of fused-ring (bicyclic) bond motifs is 2. The number of nitrogens with one attached hydrogen (secondary N) is 2. The van der Waals surface area contributed by atoms with Gasteiger partial charge in [0, 0.05) is 29.4 Å². The number of aliphatic hydroxyl groups excluding tert-OH is 1. The standard InChI is InChI=1S/C21H22N2O2/c1-13(10-15-12-22-18-9-5-4-7-16(15)18)21(25)23-20-17-8-3-2-6-14(17)11-19(20)24/h2-9,12-13,19-20,22,24H,10-11H2,1H3,(H,23,25). The minimum Gasteiger partial charge on any atom is -0.390 e. The quantitative estimate of drug-likeness (QED) is 0.686. The summed E-state index contributed by atoms with van der Waals surface area (Å²) >= 11 is 0. The lowest BCUT2D eigenvalue weighted by atomic mass is 9.99. The molecule has 0 radical (unpaired) electrons. The molecule has 3 aromatic rings. The van der Waals surface area contributed by atoms with Crippen molar-refractivity contribution in [3.63, 3.8) is 0 Å². The van der Waals surface area contributed by atoms with Crippen molar-refractivity contribution in [1.29, 1.82) is 0 Å². The summed E-state index contributed by atoms with van der Waals surface area (Å²) in [6, 6.07) is 15.7. The Balaban J connectivity index is 1.48. The summed E-state index contributed by atoms with van der Waals surface area (Å²) < 4.78 is 0. The van der Waals surface area contributed by atoms with E-state index in [2.05, 4.69) is 16.4 Å². The fourth-order valence-electron chi connectivity index (χ4n) is 3.77. The van der Waals surface area contributed by atoms with E-state index in [0.717, 1.165) is 27.6 Å². The normalized spacial score (nSPS) is 20.4. The average Bonchev–Trinajstić information content (AvgIpc) is 3.16. The van der Waals surface area contributed by atoms with Crippen LogP contribution in [0.3, 0.4) is 0 Å². The number of H-pyrrole nitrogens is 1. The van der Waals surface area contributed by atoms with Crippen LogP contribution >= 0.6 is 0 Å². The molecule has 0 spiro atoms. The molecule has 3 atom stereocenters. The predicted octanol–water partition coefficient (Wildman–Crippen LogP) is 3.12. The van der Waals surface area contributed by atoms with Crippen LogP contribution in [0, 0.1) is 5.92 Å². The molecule has 0 saturated heterocycles. The minimum atomic E-state index is -0.554. The van der Waals surface area contributed by atoms with Crippen molar-refractivity contribution >= 4 is 16.8 Å². The zero-order chi connectivity index (χ0) is 17.4. The Morgan fingerprint density at radius 3 is 2.88 bits per heavy atom. The van der Waals surface area contributed by atoms with Crippen LogP contribution in [-0.2, 0) is 17.6 Å². The van der Waals surface area contributed by atoms with Gasteiger partial charge in [-0.05, 0) is 29.2 Å². The number of hydrogen-bond donors (Lipinski definition) is 3. The molecule has 4 heteroatoms. The van der Waals surface area contributed by atoms with E-state index >= 15 is 0 Å². The number of aromatic amines is 1. The molecule has 3 N–H and O–H groups in total. The lowest BCUT2D eigenvalue weighted by Gasteiger charge is -2.20. The average molecular weight is 334 g/mol. The van der Waals surface area contributed by atoms with Crippen LogP contribution in [0.1, 0.15) is 29.7 Å². The smallest absolute Gasteiger partial charge is 0.223 e. The first-order valence-corrected chi connectivity index (χ1v) is 8.74. The van der Waals surface area contributed by atoms with E-state index in [-0.39, 0.29) is 17.9 Å². The van der Waals surface area contributed by atoms with Gasteiger partial charge >= 0.3 is 0 Å². The predicted molar refractivity (Wildman–Crippen MR) is 98.2 cm³/mol. The van der Waals surface area contributed by atoms with Gasteiger partial charge in [0.15, 0.2) is 0 Å². The van der Waals surface area contributed by atoms with Crippen molar-refractivity contribution in [2.24, 2.45) is 5.92 Å². The zero-order valence-corrected chi connectivity index (χ0v) is 14.2. The maximum atomic E-state index is 12.7. The number of rotatable bonds is 4. The van der Waals surface area contributed by atoms with Gasteiger partial charge in [0.25, 0.3) is 0 Å². The van der Waals surface area contributed by atoms with Gasteiger partial charge in [-0.25, -0.2) is 0 Å². The first-order chi connectivity index (χ1) is 12.1. The molecule has 25 heavy (non-hydrogen) atoms. The third kappa shape index (κ3) is 2.94. The Hall–Kier alpha value is -2.59. The van der Waals surface area contributed by atoms with Crippen molar-refractivity contribution < 1.29 is 9.90 Å². The van der Waals surface area contributed by atoms with Crippen molar-refractivity contribution in [1.82, 2.24) is 10.3 Å². The number of carbonyl (C=O) groups is 1. The summed E-state index contributed by atoms with van der Waals surface area (Å²) in [7, 11) is 0. The monoisotopic (exact) mass is 334 g/mol. The number of amides is 1. The molecule has 3 unspecified atom stereocenters. The number of aliphatic hydroxyl groups is 1. The molecule has 2 aromatic carbocycles. The highest BCUT2D eigenvalue weighted by Crippen LogP contribution is 2.31. The lowest BCUT2D eigenvalue weighted by molar-refractivity contribution is -0.126. The maximum absolute atomic E-state index is 12.7. The Kier molecular flexibility index (Phi) is 4.06. The first-order valence-electron chi connectivity index (χ1n) is 8.74. The van der Waals surface area contributed by atoms with Gasteiger partial charge in [0.2, 0.25) is 5.91 Å². The van der Waals surface area contributed by atoms with Gasteiger partial charge < -0.3 is 15.4 Å². The largest absolute Gasteiger partial charge is 0.390 e. The Labute approximate surface area is 146 Å². The molecule has 1 amide bonds. The fourth-order valence-corrected chi connectivity index (χ4v) is 3.77. The molecule has 0 fully saturated rings. The number of hydrogen-bond acceptors (Lipinski definition) is 2. The van der Waals surface area contributed by atoms with E-state index in [4.69, 9.17) is 0 Å². The van der Waals surface area contributed by atoms with Gasteiger partial charge in [-0.3, -0.25) is 4.79 Å². The van der Waals surface area contributed by atoms with Gasteiger partial charge in [0.05, 0.1) is 12.1 Å². The zero-order valence-electron chi connectivity index (χ0n) is 14.2. The van der Waals surface area contributed by atoms with Crippen LogP contribution in [0.5, 0.6) is 0 Å². The van der Waals surface area contributed by atoms with E-state index in [1.54, 1.807) is 0 Å². The molecule has 1 aliphatic rings. The second kappa shape index (κ2) is 6.37. The van der Waals surface area contributed by atoms with Crippen molar-refractivity contribution in [3.05, 3.63) is 71.4 Å². The highest BCUT2D eigenvalue weighted by Gasteiger charge is 2.32. The summed E-state index contributed by atoms with van der Waals surface area (Å²) in [4.78, 5) is 15.9. The maximum Gasteiger partial charge on any atom is 0.223 e. The highest BCUT2D eigenvalue weighted by atomic mass is 16.3. The van der Waals surface area contributed by atoms with Gasteiger partial charge in [-0.2, -0.15) is 0 Å². The Morgan fingerprint density at radius 2 is 2.00 bits per heavy atom. The topological polar surface area (TPSA) is 65.1 Å². The minimum absolute atomic E-state index is 0.0222. The summed E-state index contributed by atoms with van der Waals surface area (Å²) in [6.07, 6.45) is 2.69. The van der Waals surface area contributed by atoms with Crippen LogP contribution in [0.4, 0.5) is 0 Å². The van der Waals surface area contributed by atoms with Crippen LogP contribution < -0.4 is 5.32 Å². The van der Waals surface area contributed by atoms with Gasteiger partial charge in [0.1, 0.15) is 0 Å². The van der Waals surface area contributed by atoms with Gasteiger partial charge in [-0.1, -0.05) is 49.4 Å². The number of benzene rings is 2. The summed E-state index contributed by atoms with van der Waals surface area (Å²) in [6.45, 7) is 1.93. The first kappa shape index (κ1) is 15.9. The molecular formula is C21H22N2O2. The number of aromatic nitrogens is 1. The molecule has 1 aromatic heterocycles. The van der Waals surface area contributed by atoms with E-state index < -0.39 is 6.10 Å². The second-order valence-electron chi connectivity index (χ2n) is 6.92. The van der Waals surface area contributed by atoms with E-state index in [1.807, 2.05) is 55.6 Å².